The average molecular weight is 311 g/mol. The zero-order valence-corrected chi connectivity index (χ0v) is 12.6. The zero-order chi connectivity index (χ0) is 13.4. The molecule has 0 bridgehead atoms. The summed E-state index contributed by atoms with van der Waals surface area (Å²) in [4.78, 5) is 4.59. The van der Waals surface area contributed by atoms with E-state index in [0.717, 1.165) is 23.4 Å². The minimum Gasteiger partial charge on any atom is -0.322 e. The van der Waals surface area contributed by atoms with Crippen molar-refractivity contribution in [2.45, 2.75) is 18.8 Å². The molecule has 1 unspecified atom stereocenters. The van der Waals surface area contributed by atoms with Crippen molar-refractivity contribution in [1.82, 2.24) is 9.55 Å². The molecule has 1 aromatic carbocycles. The lowest BCUT2D eigenvalue weighted by molar-refractivity contribution is 0.744. The maximum absolute atomic E-state index is 6.25. The first-order valence-corrected chi connectivity index (χ1v) is 7.72. The van der Waals surface area contributed by atoms with Crippen molar-refractivity contribution in [2.24, 2.45) is 0 Å². The molecule has 3 aromatic rings. The van der Waals surface area contributed by atoms with Crippen LogP contribution in [0.2, 0.25) is 5.02 Å². The molecule has 19 heavy (non-hydrogen) atoms. The van der Waals surface area contributed by atoms with Gasteiger partial charge in [-0.2, -0.15) is 11.3 Å². The van der Waals surface area contributed by atoms with Gasteiger partial charge in [-0.15, -0.1) is 11.6 Å². The molecule has 98 valence electrons. The van der Waals surface area contributed by atoms with E-state index in [9.17, 15) is 0 Å². The predicted molar refractivity (Wildman–Crippen MR) is 82.4 cm³/mol. The van der Waals surface area contributed by atoms with E-state index in [-0.39, 0.29) is 5.38 Å². The summed E-state index contributed by atoms with van der Waals surface area (Å²) in [5, 5.41) is 4.73. The SMILES string of the molecule is CC(Cl)c1nc2c(Cl)cccc2n1Cc1ccsc1. The van der Waals surface area contributed by atoms with Gasteiger partial charge >= 0.3 is 0 Å². The van der Waals surface area contributed by atoms with Crippen LogP contribution >= 0.6 is 34.5 Å². The van der Waals surface area contributed by atoms with Gasteiger partial charge in [0.1, 0.15) is 11.3 Å². The lowest BCUT2D eigenvalue weighted by Crippen LogP contribution is -2.05. The van der Waals surface area contributed by atoms with E-state index in [1.165, 1.54) is 5.56 Å². The lowest BCUT2D eigenvalue weighted by atomic mass is 10.3. The summed E-state index contributed by atoms with van der Waals surface area (Å²) in [6.45, 7) is 2.70. The molecule has 0 N–H and O–H groups in total. The van der Waals surface area contributed by atoms with Crippen LogP contribution in [0.4, 0.5) is 0 Å². The molecule has 0 fully saturated rings. The third kappa shape index (κ3) is 2.38. The van der Waals surface area contributed by atoms with E-state index >= 15 is 0 Å². The Hall–Kier alpha value is -1.03. The number of imidazole rings is 1. The molecule has 0 aliphatic carbocycles. The number of rotatable bonds is 3. The number of halogens is 2. The Bertz CT molecular complexity index is 702. The standard InChI is InChI=1S/C14H12Cl2N2S/c1-9(15)14-17-13-11(16)3-2-4-12(13)18(14)7-10-5-6-19-8-10/h2-6,8-9H,7H2,1H3. The second-order valence-electron chi connectivity index (χ2n) is 4.41. The second kappa shape index (κ2) is 5.16. The highest BCUT2D eigenvalue weighted by Gasteiger charge is 2.16. The van der Waals surface area contributed by atoms with Crippen LogP contribution in [0.15, 0.2) is 35.0 Å². The maximum atomic E-state index is 6.25. The van der Waals surface area contributed by atoms with Crippen molar-refractivity contribution < 1.29 is 0 Å². The number of alkyl halides is 1. The molecule has 0 radical (unpaired) electrons. The van der Waals surface area contributed by atoms with Crippen LogP contribution < -0.4 is 0 Å². The first kappa shape index (κ1) is 13.0. The van der Waals surface area contributed by atoms with E-state index in [4.69, 9.17) is 23.2 Å². The van der Waals surface area contributed by atoms with E-state index in [0.29, 0.717) is 5.02 Å². The highest BCUT2D eigenvalue weighted by Crippen LogP contribution is 2.29. The average Bonchev–Trinajstić information content (AvgIpc) is 2.99. The summed E-state index contributed by atoms with van der Waals surface area (Å²) in [6.07, 6.45) is 0. The molecule has 2 heterocycles. The first-order valence-electron chi connectivity index (χ1n) is 5.96. The summed E-state index contributed by atoms with van der Waals surface area (Å²) in [6, 6.07) is 7.95. The number of para-hydroxylation sites is 1. The monoisotopic (exact) mass is 310 g/mol. The molecule has 0 saturated heterocycles. The second-order valence-corrected chi connectivity index (χ2v) is 6.25. The predicted octanol–water partition coefficient (Wildman–Crippen LogP) is 5.10. The number of fused-ring (bicyclic) bond motifs is 1. The van der Waals surface area contributed by atoms with Crippen molar-refractivity contribution in [3.05, 3.63) is 51.4 Å². The van der Waals surface area contributed by atoms with Gasteiger partial charge in [0, 0.05) is 0 Å². The molecule has 0 amide bonds. The van der Waals surface area contributed by atoms with Crippen molar-refractivity contribution in [2.75, 3.05) is 0 Å². The lowest BCUT2D eigenvalue weighted by Gasteiger charge is -2.09. The van der Waals surface area contributed by atoms with Gasteiger partial charge in [-0.3, -0.25) is 0 Å². The normalized spacial score (nSPS) is 13.0. The summed E-state index contributed by atoms with van der Waals surface area (Å²) >= 11 is 14.2. The largest absolute Gasteiger partial charge is 0.322 e. The van der Waals surface area contributed by atoms with Crippen molar-refractivity contribution in [1.29, 1.82) is 0 Å². The Morgan fingerprint density at radius 2 is 2.21 bits per heavy atom. The number of hydrogen-bond acceptors (Lipinski definition) is 2. The number of aromatic nitrogens is 2. The minimum atomic E-state index is -0.151. The van der Waals surface area contributed by atoms with Gasteiger partial charge in [-0.05, 0) is 41.4 Å². The van der Waals surface area contributed by atoms with E-state index in [2.05, 4.69) is 26.4 Å². The molecule has 0 saturated carbocycles. The fourth-order valence-corrected chi connectivity index (χ4v) is 3.20. The molecular weight excluding hydrogens is 299 g/mol. The topological polar surface area (TPSA) is 17.8 Å². The molecule has 2 nitrogen and oxygen atoms in total. The van der Waals surface area contributed by atoms with Gasteiger partial charge in [0.05, 0.1) is 22.5 Å². The summed E-state index contributed by atoms with van der Waals surface area (Å²) in [5.41, 5.74) is 3.10. The van der Waals surface area contributed by atoms with Crippen LogP contribution in [-0.2, 0) is 6.54 Å². The van der Waals surface area contributed by atoms with E-state index in [1.807, 2.05) is 25.1 Å². The Morgan fingerprint density at radius 1 is 1.37 bits per heavy atom. The van der Waals surface area contributed by atoms with Crippen LogP contribution in [0.3, 0.4) is 0 Å². The van der Waals surface area contributed by atoms with Gasteiger partial charge in [-0.1, -0.05) is 17.7 Å². The van der Waals surface area contributed by atoms with Gasteiger partial charge in [-0.25, -0.2) is 4.98 Å². The summed E-state index contributed by atoms with van der Waals surface area (Å²) < 4.78 is 2.14. The number of benzene rings is 1. The fraction of sp³-hybridized carbons (Fsp3) is 0.214. The van der Waals surface area contributed by atoms with Crippen LogP contribution in [-0.4, -0.2) is 9.55 Å². The Morgan fingerprint density at radius 3 is 2.89 bits per heavy atom. The molecule has 2 aromatic heterocycles. The molecule has 0 aliphatic heterocycles. The highest BCUT2D eigenvalue weighted by atomic mass is 35.5. The maximum Gasteiger partial charge on any atom is 0.128 e. The third-order valence-electron chi connectivity index (χ3n) is 3.04. The highest BCUT2D eigenvalue weighted by molar-refractivity contribution is 7.07. The Kier molecular flexibility index (Phi) is 3.52. The number of nitrogens with zero attached hydrogens (tertiary/aromatic N) is 2. The summed E-state index contributed by atoms with van der Waals surface area (Å²) in [7, 11) is 0. The van der Waals surface area contributed by atoms with Crippen molar-refractivity contribution >= 4 is 45.6 Å². The summed E-state index contributed by atoms with van der Waals surface area (Å²) in [5.74, 6) is 0.857. The van der Waals surface area contributed by atoms with E-state index in [1.54, 1.807) is 11.3 Å². The molecule has 0 aliphatic rings. The Labute approximate surface area is 125 Å². The van der Waals surface area contributed by atoms with Crippen molar-refractivity contribution in [3.8, 4) is 0 Å². The van der Waals surface area contributed by atoms with Crippen LogP contribution in [0.5, 0.6) is 0 Å². The Balaban J connectivity index is 2.19. The number of thiophene rings is 1. The van der Waals surface area contributed by atoms with Crippen molar-refractivity contribution in [3.63, 3.8) is 0 Å². The molecule has 1 atom stereocenters. The fourth-order valence-electron chi connectivity index (χ4n) is 2.17. The molecule has 5 heteroatoms. The number of hydrogen-bond donors (Lipinski definition) is 0. The third-order valence-corrected chi connectivity index (χ3v) is 4.27. The smallest absolute Gasteiger partial charge is 0.128 e. The molecule has 0 spiro atoms. The molecular formula is C14H12Cl2N2S. The quantitative estimate of drug-likeness (QED) is 0.615. The molecule has 3 rings (SSSR count). The first-order chi connectivity index (χ1) is 9.16. The van der Waals surface area contributed by atoms with E-state index < -0.39 is 0 Å². The van der Waals surface area contributed by atoms with Crippen LogP contribution in [0.25, 0.3) is 11.0 Å². The van der Waals surface area contributed by atoms with Crippen LogP contribution in [0.1, 0.15) is 23.7 Å². The minimum absolute atomic E-state index is 0.151. The van der Waals surface area contributed by atoms with Gasteiger partial charge in [0.25, 0.3) is 0 Å². The van der Waals surface area contributed by atoms with Gasteiger partial charge < -0.3 is 4.57 Å². The zero-order valence-electron chi connectivity index (χ0n) is 10.3. The van der Waals surface area contributed by atoms with Gasteiger partial charge in [0.2, 0.25) is 0 Å². The van der Waals surface area contributed by atoms with Crippen LogP contribution in [0, 0.1) is 0 Å². The van der Waals surface area contributed by atoms with Gasteiger partial charge in [0.15, 0.2) is 0 Å².